The normalized spacial score (nSPS) is 10.7. The summed E-state index contributed by atoms with van der Waals surface area (Å²) in [5, 5.41) is 3.35. The second-order valence-electron chi connectivity index (χ2n) is 4.49. The van der Waals surface area contributed by atoms with Crippen molar-refractivity contribution in [2.24, 2.45) is 0 Å². The van der Waals surface area contributed by atoms with Crippen LogP contribution >= 0.6 is 0 Å². The van der Waals surface area contributed by atoms with Gasteiger partial charge in [-0.25, -0.2) is 4.98 Å². The summed E-state index contributed by atoms with van der Waals surface area (Å²) in [6.07, 6.45) is 7.54. The molecule has 108 valence electrons. The van der Waals surface area contributed by atoms with E-state index in [0.717, 1.165) is 50.8 Å². The first-order valence-corrected chi connectivity index (χ1v) is 7.13. The molecule has 20 heavy (non-hydrogen) atoms. The quantitative estimate of drug-likeness (QED) is 0.713. The van der Waals surface area contributed by atoms with Gasteiger partial charge >= 0.3 is 0 Å². The molecule has 0 unspecified atom stereocenters. The van der Waals surface area contributed by atoms with Crippen LogP contribution in [0.2, 0.25) is 0 Å². The minimum absolute atomic E-state index is 0.777. The van der Waals surface area contributed by atoms with E-state index in [4.69, 9.17) is 4.74 Å². The standard InChI is InChI=1S/C15H22N4O/c1-2-20-13-5-11-19-12-10-18-15(19)17-9-7-14-6-3-4-8-16-14/h3-4,6,8,10,12H,2,5,7,9,11,13H2,1H3,(H,17,18). The molecule has 0 amide bonds. The van der Waals surface area contributed by atoms with E-state index in [9.17, 15) is 0 Å². The van der Waals surface area contributed by atoms with Crippen LogP contribution in [0.3, 0.4) is 0 Å². The van der Waals surface area contributed by atoms with E-state index in [0.29, 0.717) is 0 Å². The molecule has 5 heteroatoms. The summed E-state index contributed by atoms with van der Waals surface area (Å²) in [6.45, 7) is 5.34. The Morgan fingerprint density at radius 3 is 3.00 bits per heavy atom. The summed E-state index contributed by atoms with van der Waals surface area (Å²) in [4.78, 5) is 8.64. The van der Waals surface area contributed by atoms with Crippen molar-refractivity contribution in [1.29, 1.82) is 0 Å². The van der Waals surface area contributed by atoms with Gasteiger partial charge < -0.3 is 14.6 Å². The summed E-state index contributed by atoms with van der Waals surface area (Å²) in [5.74, 6) is 0.914. The number of nitrogens with one attached hydrogen (secondary N) is 1. The molecular formula is C15H22N4O. The van der Waals surface area contributed by atoms with Gasteiger partial charge in [-0.15, -0.1) is 0 Å². The number of aromatic nitrogens is 3. The van der Waals surface area contributed by atoms with Crippen LogP contribution in [0.25, 0.3) is 0 Å². The van der Waals surface area contributed by atoms with Gasteiger partial charge in [0.2, 0.25) is 5.95 Å². The highest BCUT2D eigenvalue weighted by Crippen LogP contribution is 2.06. The fraction of sp³-hybridized carbons (Fsp3) is 0.467. The van der Waals surface area contributed by atoms with Crippen LogP contribution in [0.15, 0.2) is 36.8 Å². The Labute approximate surface area is 120 Å². The third kappa shape index (κ3) is 4.66. The van der Waals surface area contributed by atoms with Crippen molar-refractivity contribution in [3.8, 4) is 0 Å². The van der Waals surface area contributed by atoms with Gasteiger partial charge in [-0.3, -0.25) is 4.98 Å². The highest BCUT2D eigenvalue weighted by Gasteiger charge is 2.02. The van der Waals surface area contributed by atoms with E-state index >= 15 is 0 Å². The lowest BCUT2D eigenvalue weighted by molar-refractivity contribution is 0.142. The summed E-state index contributed by atoms with van der Waals surface area (Å²) in [6, 6.07) is 5.98. The molecule has 2 heterocycles. The average molecular weight is 274 g/mol. The molecule has 1 N–H and O–H groups in total. The van der Waals surface area contributed by atoms with Gasteiger partial charge in [0.25, 0.3) is 0 Å². The number of nitrogens with zero attached hydrogens (tertiary/aromatic N) is 3. The topological polar surface area (TPSA) is 52.0 Å². The molecule has 2 rings (SSSR count). The molecule has 0 bridgehead atoms. The van der Waals surface area contributed by atoms with Gasteiger partial charge in [0, 0.05) is 57.0 Å². The fourth-order valence-corrected chi connectivity index (χ4v) is 1.99. The number of pyridine rings is 1. The third-order valence-electron chi connectivity index (χ3n) is 3.00. The number of aryl methyl sites for hydroxylation is 1. The molecule has 0 aromatic carbocycles. The molecule has 2 aromatic rings. The van der Waals surface area contributed by atoms with Crippen LogP contribution in [0.4, 0.5) is 5.95 Å². The van der Waals surface area contributed by atoms with Gasteiger partial charge in [0.05, 0.1) is 0 Å². The van der Waals surface area contributed by atoms with E-state index in [1.165, 1.54) is 0 Å². The maximum atomic E-state index is 5.35. The maximum Gasteiger partial charge on any atom is 0.202 e. The Morgan fingerprint density at radius 1 is 1.25 bits per heavy atom. The van der Waals surface area contributed by atoms with Crippen molar-refractivity contribution in [2.75, 3.05) is 25.1 Å². The molecule has 0 spiro atoms. The molecule has 0 saturated heterocycles. The second kappa shape index (κ2) is 8.32. The lowest BCUT2D eigenvalue weighted by Gasteiger charge is -2.09. The highest BCUT2D eigenvalue weighted by atomic mass is 16.5. The number of imidazole rings is 1. The molecule has 0 aliphatic heterocycles. The first-order chi connectivity index (χ1) is 9.90. The molecule has 0 radical (unpaired) electrons. The van der Waals surface area contributed by atoms with Crippen LogP contribution < -0.4 is 5.32 Å². The van der Waals surface area contributed by atoms with Crippen molar-refractivity contribution in [3.63, 3.8) is 0 Å². The number of ether oxygens (including phenoxy) is 1. The molecular weight excluding hydrogens is 252 g/mol. The molecule has 2 aromatic heterocycles. The Kier molecular flexibility index (Phi) is 6.05. The highest BCUT2D eigenvalue weighted by molar-refractivity contribution is 5.26. The zero-order valence-electron chi connectivity index (χ0n) is 12.0. The smallest absolute Gasteiger partial charge is 0.202 e. The fourth-order valence-electron chi connectivity index (χ4n) is 1.99. The van der Waals surface area contributed by atoms with Crippen molar-refractivity contribution in [3.05, 3.63) is 42.5 Å². The molecule has 0 aliphatic carbocycles. The van der Waals surface area contributed by atoms with E-state index in [1.54, 1.807) is 0 Å². The van der Waals surface area contributed by atoms with E-state index < -0.39 is 0 Å². The van der Waals surface area contributed by atoms with Crippen LogP contribution in [0.5, 0.6) is 0 Å². The molecule has 5 nitrogen and oxygen atoms in total. The third-order valence-corrected chi connectivity index (χ3v) is 3.00. The van der Waals surface area contributed by atoms with Crippen LogP contribution in [-0.4, -0.2) is 34.3 Å². The molecule has 0 atom stereocenters. The largest absolute Gasteiger partial charge is 0.382 e. The van der Waals surface area contributed by atoms with Gasteiger partial charge in [0.1, 0.15) is 0 Å². The van der Waals surface area contributed by atoms with Crippen LogP contribution in [0.1, 0.15) is 19.0 Å². The number of hydrogen-bond acceptors (Lipinski definition) is 4. The maximum absolute atomic E-state index is 5.35. The summed E-state index contributed by atoms with van der Waals surface area (Å²) in [5.41, 5.74) is 1.09. The predicted molar refractivity (Wildman–Crippen MR) is 79.8 cm³/mol. The van der Waals surface area contributed by atoms with Gasteiger partial charge in [-0.2, -0.15) is 0 Å². The monoisotopic (exact) mass is 274 g/mol. The zero-order chi connectivity index (χ0) is 14.0. The SMILES string of the molecule is CCOCCCn1ccnc1NCCc1ccccn1. The Hall–Kier alpha value is -1.88. The number of rotatable bonds is 9. The van der Waals surface area contributed by atoms with Gasteiger partial charge in [-0.1, -0.05) is 6.07 Å². The Morgan fingerprint density at radius 2 is 2.20 bits per heavy atom. The minimum atomic E-state index is 0.777. The van der Waals surface area contributed by atoms with E-state index in [1.807, 2.05) is 43.7 Å². The van der Waals surface area contributed by atoms with Crippen molar-refractivity contribution in [1.82, 2.24) is 14.5 Å². The first kappa shape index (κ1) is 14.5. The second-order valence-corrected chi connectivity index (χ2v) is 4.49. The Balaban J connectivity index is 1.74. The van der Waals surface area contributed by atoms with Crippen molar-refractivity contribution >= 4 is 5.95 Å². The lowest BCUT2D eigenvalue weighted by Crippen LogP contribution is -2.12. The van der Waals surface area contributed by atoms with Crippen molar-refractivity contribution in [2.45, 2.75) is 26.3 Å². The molecule has 0 saturated carbocycles. The van der Waals surface area contributed by atoms with E-state index in [-0.39, 0.29) is 0 Å². The molecule has 0 aliphatic rings. The van der Waals surface area contributed by atoms with Gasteiger partial charge in [0.15, 0.2) is 0 Å². The Bertz CT molecular complexity index is 484. The van der Waals surface area contributed by atoms with E-state index in [2.05, 4.69) is 19.9 Å². The minimum Gasteiger partial charge on any atom is -0.382 e. The summed E-state index contributed by atoms with van der Waals surface area (Å²) >= 11 is 0. The predicted octanol–water partition coefficient (Wildman–Crippen LogP) is 2.36. The average Bonchev–Trinajstić information content (AvgIpc) is 2.92. The first-order valence-electron chi connectivity index (χ1n) is 7.13. The lowest BCUT2D eigenvalue weighted by atomic mass is 10.3. The summed E-state index contributed by atoms with van der Waals surface area (Å²) < 4.78 is 7.47. The van der Waals surface area contributed by atoms with Crippen LogP contribution in [-0.2, 0) is 17.7 Å². The number of anilines is 1. The number of hydrogen-bond donors (Lipinski definition) is 1. The molecule has 0 fully saturated rings. The zero-order valence-corrected chi connectivity index (χ0v) is 12.0. The van der Waals surface area contributed by atoms with Crippen LogP contribution in [0, 0.1) is 0 Å². The van der Waals surface area contributed by atoms with Gasteiger partial charge in [-0.05, 0) is 25.5 Å². The summed E-state index contributed by atoms with van der Waals surface area (Å²) in [7, 11) is 0. The van der Waals surface area contributed by atoms with Crippen molar-refractivity contribution < 1.29 is 4.74 Å².